The summed E-state index contributed by atoms with van der Waals surface area (Å²) in [5.74, 6) is 1.65. The van der Waals surface area contributed by atoms with E-state index in [1.807, 2.05) is 6.20 Å². The van der Waals surface area contributed by atoms with Crippen molar-refractivity contribution in [3.63, 3.8) is 0 Å². The molecule has 3 aromatic rings. The van der Waals surface area contributed by atoms with Crippen molar-refractivity contribution in [2.75, 3.05) is 25.0 Å². The van der Waals surface area contributed by atoms with Crippen LogP contribution in [-0.2, 0) is 0 Å². The van der Waals surface area contributed by atoms with Gasteiger partial charge < -0.3 is 15.2 Å². The first kappa shape index (κ1) is 14.9. The molecule has 25 heavy (non-hydrogen) atoms. The van der Waals surface area contributed by atoms with Gasteiger partial charge in [-0.1, -0.05) is 6.07 Å². The predicted octanol–water partition coefficient (Wildman–Crippen LogP) is 3.52. The number of rotatable bonds is 3. The van der Waals surface area contributed by atoms with Gasteiger partial charge >= 0.3 is 0 Å². The first-order chi connectivity index (χ1) is 12.3. The van der Waals surface area contributed by atoms with Crippen LogP contribution in [0.25, 0.3) is 22.2 Å². The van der Waals surface area contributed by atoms with E-state index in [-0.39, 0.29) is 0 Å². The fourth-order valence-corrected chi connectivity index (χ4v) is 4.34. The number of hydrogen-bond donors (Lipinski definition) is 2. The van der Waals surface area contributed by atoms with Gasteiger partial charge in [-0.2, -0.15) is 0 Å². The summed E-state index contributed by atoms with van der Waals surface area (Å²) in [5, 5.41) is 13.7. The molecular formula is C20H23N5. The maximum absolute atomic E-state index is 4.45. The van der Waals surface area contributed by atoms with Crippen LogP contribution in [0, 0.1) is 5.92 Å². The first-order valence-electron chi connectivity index (χ1n) is 9.25. The van der Waals surface area contributed by atoms with E-state index in [4.69, 9.17) is 0 Å². The van der Waals surface area contributed by atoms with E-state index >= 15 is 0 Å². The lowest BCUT2D eigenvalue weighted by atomic mass is 9.85. The van der Waals surface area contributed by atoms with Crippen LogP contribution in [0.5, 0.6) is 0 Å². The Hall–Kier alpha value is -2.40. The van der Waals surface area contributed by atoms with Crippen LogP contribution in [0.15, 0.2) is 42.6 Å². The van der Waals surface area contributed by atoms with Gasteiger partial charge in [-0.25, -0.2) is 0 Å². The molecule has 2 aromatic heterocycles. The summed E-state index contributed by atoms with van der Waals surface area (Å²) >= 11 is 0. The Morgan fingerprint density at radius 3 is 2.96 bits per heavy atom. The molecular weight excluding hydrogens is 310 g/mol. The third-order valence-electron chi connectivity index (χ3n) is 5.71. The molecule has 3 atom stereocenters. The quantitative estimate of drug-likeness (QED) is 0.770. The van der Waals surface area contributed by atoms with E-state index in [0.29, 0.717) is 6.04 Å². The van der Waals surface area contributed by atoms with E-state index < -0.39 is 0 Å². The smallest absolute Gasteiger partial charge is 0.148 e. The Morgan fingerprint density at radius 1 is 1.04 bits per heavy atom. The topological polar surface area (TPSA) is 56.8 Å². The normalized spacial score (nSPS) is 25.8. The third-order valence-corrected chi connectivity index (χ3v) is 5.71. The molecule has 2 N–H and O–H groups in total. The summed E-state index contributed by atoms with van der Waals surface area (Å²) in [6, 6.07) is 13.1. The monoisotopic (exact) mass is 333 g/mol. The van der Waals surface area contributed by atoms with Crippen molar-refractivity contribution < 1.29 is 0 Å². The Labute approximate surface area is 147 Å². The molecule has 0 amide bonds. The third kappa shape index (κ3) is 2.89. The molecule has 0 aliphatic carbocycles. The van der Waals surface area contributed by atoms with Crippen LogP contribution in [0.4, 0.5) is 5.82 Å². The van der Waals surface area contributed by atoms with Gasteiger partial charge in [0.2, 0.25) is 0 Å². The summed E-state index contributed by atoms with van der Waals surface area (Å²) in [7, 11) is 0. The summed E-state index contributed by atoms with van der Waals surface area (Å²) in [6.07, 6.45) is 5.83. The highest BCUT2D eigenvalue weighted by Gasteiger charge is 2.32. The van der Waals surface area contributed by atoms with Gasteiger partial charge in [0.05, 0.1) is 5.69 Å². The summed E-state index contributed by atoms with van der Waals surface area (Å²) < 4.78 is 0. The fourth-order valence-electron chi connectivity index (χ4n) is 4.34. The van der Waals surface area contributed by atoms with E-state index in [2.05, 4.69) is 61.8 Å². The molecule has 5 nitrogen and oxygen atoms in total. The molecule has 4 heterocycles. The molecule has 128 valence electrons. The van der Waals surface area contributed by atoms with Gasteiger partial charge in [0.15, 0.2) is 0 Å². The highest BCUT2D eigenvalue weighted by Crippen LogP contribution is 2.29. The van der Waals surface area contributed by atoms with Crippen LogP contribution in [0.3, 0.4) is 0 Å². The van der Waals surface area contributed by atoms with Gasteiger partial charge in [-0.05, 0) is 62.1 Å². The molecule has 5 rings (SSSR count). The number of aromatic nitrogens is 3. The lowest BCUT2D eigenvalue weighted by Gasteiger charge is -2.42. The van der Waals surface area contributed by atoms with Crippen molar-refractivity contribution in [3.8, 4) is 11.3 Å². The maximum atomic E-state index is 4.45. The number of benzene rings is 1. The molecule has 1 aromatic carbocycles. The zero-order valence-corrected chi connectivity index (χ0v) is 14.3. The van der Waals surface area contributed by atoms with Crippen LogP contribution < -0.4 is 5.32 Å². The second-order valence-electron chi connectivity index (χ2n) is 7.33. The molecule has 2 aliphatic heterocycles. The summed E-state index contributed by atoms with van der Waals surface area (Å²) in [4.78, 5) is 5.82. The minimum absolute atomic E-state index is 0.535. The van der Waals surface area contributed by atoms with Gasteiger partial charge in [-0.15, -0.1) is 10.2 Å². The minimum Gasteiger partial charge on any atom is -0.365 e. The average Bonchev–Trinajstić information content (AvgIpc) is 3.13. The number of anilines is 1. The standard InChI is InChI=1S/C20H23N5/c1-2-16-13-25(10-1)11-8-18(16)22-20-6-5-19(23-24-20)14-3-4-17-15(12-14)7-9-21-17/h3-7,9,12,16,18,21H,1-2,8,10-11,13H2,(H,22,24). The number of piperidine rings is 2. The largest absolute Gasteiger partial charge is 0.365 e. The van der Waals surface area contributed by atoms with Crippen LogP contribution in [0.1, 0.15) is 19.3 Å². The highest BCUT2D eigenvalue weighted by molar-refractivity contribution is 5.84. The number of nitrogens with one attached hydrogen (secondary N) is 2. The maximum Gasteiger partial charge on any atom is 0.148 e. The van der Waals surface area contributed by atoms with Crippen molar-refractivity contribution in [1.82, 2.24) is 20.1 Å². The number of fused-ring (bicyclic) bond motifs is 3. The van der Waals surface area contributed by atoms with E-state index in [0.717, 1.165) is 28.5 Å². The van der Waals surface area contributed by atoms with E-state index in [1.54, 1.807) is 0 Å². The van der Waals surface area contributed by atoms with Gasteiger partial charge in [0, 0.05) is 41.8 Å². The van der Waals surface area contributed by atoms with Crippen LogP contribution in [0.2, 0.25) is 0 Å². The van der Waals surface area contributed by atoms with Crippen LogP contribution in [-0.4, -0.2) is 45.8 Å². The molecule has 0 radical (unpaired) electrons. The Kier molecular flexibility index (Phi) is 3.67. The molecule has 2 saturated heterocycles. The van der Waals surface area contributed by atoms with E-state index in [1.165, 1.54) is 44.3 Å². The van der Waals surface area contributed by atoms with E-state index in [9.17, 15) is 0 Å². The fraction of sp³-hybridized carbons (Fsp3) is 0.400. The first-order valence-corrected chi connectivity index (χ1v) is 9.25. The second-order valence-corrected chi connectivity index (χ2v) is 7.33. The zero-order chi connectivity index (χ0) is 16.6. The van der Waals surface area contributed by atoms with Crippen LogP contribution >= 0.6 is 0 Å². The van der Waals surface area contributed by atoms with Crippen molar-refractivity contribution >= 4 is 16.7 Å². The Morgan fingerprint density at radius 2 is 2.04 bits per heavy atom. The minimum atomic E-state index is 0.535. The molecule has 0 saturated carbocycles. The van der Waals surface area contributed by atoms with Crippen molar-refractivity contribution in [1.29, 1.82) is 0 Å². The van der Waals surface area contributed by atoms with Crippen molar-refractivity contribution in [2.24, 2.45) is 5.92 Å². The Bertz CT molecular complexity index is 869. The zero-order valence-electron chi connectivity index (χ0n) is 14.3. The Balaban J connectivity index is 1.32. The molecule has 2 aliphatic rings. The molecule has 3 unspecified atom stereocenters. The molecule has 2 fully saturated rings. The molecule has 0 spiro atoms. The second kappa shape index (κ2) is 6.15. The molecule has 2 bridgehead atoms. The molecule has 5 heteroatoms. The van der Waals surface area contributed by atoms with Crippen molar-refractivity contribution in [2.45, 2.75) is 25.3 Å². The van der Waals surface area contributed by atoms with Gasteiger partial charge in [0.25, 0.3) is 0 Å². The number of H-pyrrole nitrogens is 1. The van der Waals surface area contributed by atoms with Gasteiger partial charge in [0.1, 0.15) is 5.82 Å². The van der Waals surface area contributed by atoms with Gasteiger partial charge in [-0.3, -0.25) is 0 Å². The highest BCUT2D eigenvalue weighted by atomic mass is 15.2. The van der Waals surface area contributed by atoms with Crippen molar-refractivity contribution in [3.05, 3.63) is 42.6 Å². The summed E-state index contributed by atoms with van der Waals surface area (Å²) in [5.41, 5.74) is 3.17. The SMILES string of the molecule is c1cc2cc(-c3ccc(NC4CCN5CCCC4C5)nn3)ccc2[nH]1. The number of nitrogens with zero attached hydrogens (tertiary/aromatic N) is 3. The lowest BCUT2D eigenvalue weighted by molar-refractivity contribution is 0.113. The average molecular weight is 333 g/mol. The number of hydrogen-bond acceptors (Lipinski definition) is 4. The lowest BCUT2D eigenvalue weighted by Crippen LogP contribution is -2.49. The number of aromatic amines is 1. The summed E-state index contributed by atoms with van der Waals surface area (Å²) in [6.45, 7) is 3.72. The predicted molar refractivity (Wildman–Crippen MR) is 101 cm³/mol.